The summed E-state index contributed by atoms with van der Waals surface area (Å²) in [7, 11) is 1.00. The first-order chi connectivity index (χ1) is 19.6. The minimum absolute atomic E-state index is 0.693. The van der Waals surface area contributed by atoms with E-state index in [9.17, 15) is 0 Å². The minimum atomic E-state index is 0.693. The maximum atomic E-state index is 7.00. The predicted octanol–water partition coefficient (Wildman–Crippen LogP) is 8.85. The van der Waals surface area contributed by atoms with Crippen molar-refractivity contribution in [2.45, 2.75) is 79.6 Å². The van der Waals surface area contributed by atoms with Gasteiger partial charge in [-0.05, 0) is 99.9 Å². The van der Waals surface area contributed by atoms with Crippen LogP contribution >= 0.6 is 11.6 Å². The largest absolute Gasteiger partial charge is 0.400 e. The van der Waals surface area contributed by atoms with Crippen LogP contribution in [0, 0.1) is 13.8 Å². The highest BCUT2D eigenvalue weighted by Gasteiger charge is 2.07. The number of aliphatic hydroxyl groups excluding tert-OH is 1. The average Bonchev–Trinajstić information content (AvgIpc) is 2.98. The molecule has 6 heteroatoms. The number of rotatable bonds is 13. The molecule has 218 valence electrons. The molecule has 0 unspecified atom stereocenters. The Hall–Kier alpha value is -2.89. The number of halogens is 1. The highest BCUT2D eigenvalue weighted by molar-refractivity contribution is 6.17. The van der Waals surface area contributed by atoms with Crippen molar-refractivity contribution >= 4 is 44.8 Å². The Labute approximate surface area is 246 Å². The van der Waals surface area contributed by atoms with Crippen molar-refractivity contribution in [3.63, 3.8) is 0 Å². The van der Waals surface area contributed by atoms with Crippen LogP contribution in [0.3, 0.4) is 0 Å². The van der Waals surface area contributed by atoms with Crippen LogP contribution in [0.2, 0.25) is 0 Å². The molecular formula is C34H49ClN4O. The average molecular weight is 565 g/mol. The fourth-order valence-corrected chi connectivity index (χ4v) is 4.90. The molecule has 0 aliphatic rings. The van der Waals surface area contributed by atoms with Crippen LogP contribution in [0.5, 0.6) is 0 Å². The van der Waals surface area contributed by atoms with E-state index in [0.29, 0.717) is 5.88 Å². The Morgan fingerprint density at radius 2 is 1.12 bits per heavy atom. The summed E-state index contributed by atoms with van der Waals surface area (Å²) in [5.41, 5.74) is 9.30. The predicted molar refractivity (Wildman–Crippen MR) is 176 cm³/mol. The van der Waals surface area contributed by atoms with E-state index < -0.39 is 0 Å². The number of anilines is 2. The lowest BCUT2D eigenvalue weighted by Crippen LogP contribution is -2.08. The van der Waals surface area contributed by atoms with Crippen LogP contribution in [-0.2, 0) is 12.8 Å². The Balaban J connectivity index is 0.00000134. The van der Waals surface area contributed by atoms with E-state index in [4.69, 9.17) is 26.7 Å². The SMILES string of the molecule is CC.CCCCc1ccc2nc(C)cc(NCCCCNc3cc(C)nc4ccc(CCCCl)cc34)c2c1.CO. The van der Waals surface area contributed by atoms with Gasteiger partial charge in [0, 0.05) is 59.6 Å². The fourth-order valence-electron chi connectivity index (χ4n) is 4.76. The van der Waals surface area contributed by atoms with Gasteiger partial charge < -0.3 is 15.7 Å². The van der Waals surface area contributed by atoms with Crippen molar-refractivity contribution in [1.82, 2.24) is 9.97 Å². The quantitative estimate of drug-likeness (QED) is 0.112. The number of nitrogens with zero attached hydrogens (tertiary/aromatic N) is 2. The number of aromatic nitrogens is 2. The second kappa shape index (κ2) is 18.5. The van der Waals surface area contributed by atoms with E-state index in [1.54, 1.807) is 0 Å². The van der Waals surface area contributed by atoms with Crippen LogP contribution < -0.4 is 10.6 Å². The van der Waals surface area contributed by atoms with Gasteiger partial charge in [0.1, 0.15) is 0 Å². The lowest BCUT2D eigenvalue weighted by molar-refractivity contribution is 0.399. The van der Waals surface area contributed by atoms with Gasteiger partial charge in [0.05, 0.1) is 11.0 Å². The maximum Gasteiger partial charge on any atom is 0.0726 e. The van der Waals surface area contributed by atoms with Gasteiger partial charge in [-0.25, -0.2) is 0 Å². The summed E-state index contributed by atoms with van der Waals surface area (Å²) in [6.07, 6.45) is 7.74. The molecule has 2 aromatic heterocycles. The summed E-state index contributed by atoms with van der Waals surface area (Å²) < 4.78 is 0. The van der Waals surface area contributed by atoms with Gasteiger partial charge in [-0.3, -0.25) is 9.97 Å². The molecule has 0 saturated carbocycles. The van der Waals surface area contributed by atoms with E-state index in [2.05, 4.69) is 79.9 Å². The lowest BCUT2D eigenvalue weighted by atomic mass is 10.0. The monoisotopic (exact) mass is 564 g/mol. The van der Waals surface area contributed by atoms with Crippen molar-refractivity contribution in [2.24, 2.45) is 0 Å². The van der Waals surface area contributed by atoms with Gasteiger partial charge >= 0.3 is 0 Å². The molecule has 0 atom stereocenters. The lowest BCUT2D eigenvalue weighted by Gasteiger charge is -2.14. The Kier molecular flexibility index (Phi) is 15.4. The number of alkyl halides is 1. The van der Waals surface area contributed by atoms with Gasteiger partial charge in [0.25, 0.3) is 0 Å². The standard InChI is InChI=1S/C31H39ClN4.C2H6.CH4O/c1-4-5-9-24-11-13-28-26(20-24)30(18-22(2)35-28)33-16-6-7-17-34-31-19-23(3)36-29-14-12-25(10-8-15-32)21-27(29)31;2*1-2/h11-14,18-21H,4-10,15-17H2,1-3H3,(H,33,35)(H,34,36);1-2H3;2H,1H3. The first-order valence-electron chi connectivity index (χ1n) is 14.9. The second-order valence-corrected chi connectivity index (χ2v) is 10.2. The molecule has 40 heavy (non-hydrogen) atoms. The molecule has 0 amide bonds. The van der Waals surface area contributed by atoms with E-state index in [0.717, 1.165) is 74.7 Å². The van der Waals surface area contributed by atoms with Crippen molar-refractivity contribution in [1.29, 1.82) is 0 Å². The van der Waals surface area contributed by atoms with Crippen LogP contribution in [0.1, 0.15) is 75.4 Å². The number of hydrogen-bond acceptors (Lipinski definition) is 5. The molecule has 0 bridgehead atoms. The molecule has 0 fully saturated rings. The van der Waals surface area contributed by atoms with Crippen LogP contribution in [0.15, 0.2) is 48.5 Å². The van der Waals surface area contributed by atoms with E-state index in [1.807, 2.05) is 13.8 Å². The highest BCUT2D eigenvalue weighted by Crippen LogP contribution is 2.27. The third kappa shape index (κ3) is 9.94. The molecule has 5 nitrogen and oxygen atoms in total. The molecular weight excluding hydrogens is 516 g/mol. The van der Waals surface area contributed by atoms with E-state index >= 15 is 0 Å². The molecule has 0 aliphatic heterocycles. The number of aliphatic hydroxyl groups is 1. The Morgan fingerprint density at radius 3 is 1.55 bits per heavy atom. The van der Waals surface area contributed by atoms with Crippen molar-refractivity contribution in [2.75, 3.05) is 36.7 Å². The van der Waals surface area contributed by atoms with Crippen molar-refractivity contribution in [3.8, 4) is 0 Å². The smallest absolute Gasteiger partial charge is 0.0726 e. The van der Waals surface area contributed by atoms with Crippen LogP contribution in [0.4, 0.5) is 11.4 Å². The molecule has 0 radical (unpaired) electrons. The van der Waals surface area contributed by atoms with Gasteiger partial charge in [0.2, 0.25) is 0 Å². The Bertz CT molecular complexity index is 1210. The number of nitrogens with one attached hydrogen (secondary N) is 2. The number of pyridine rings is 2. The van der Waals surface area contributed by atoms with Crippen LogP contribution in [0.25, 0.3) is 21.8 Å². The normalized spacial score (nSPS) is 10.5. The van der Waals surface area contributed by atoms with E-state index in [1.165, 1.54) is 46.1 Å². The molecule has 4 aromatic rings. The van der Waals surface area contributed by atoms with Crippen molar-refractivity contribution in [3.05, 3.63) is 71.0 Å². The topological polar surface area (TPSA) is 70.1 Å². The summed E-state index contributed by atoms with van der Waals surface area (Å²) >= 11 is 5.90. The highest BCUT2D eigenvalue weighted by atomic mass is 35.5. The molecule has 0 aliphatic carbocycles. The number of benzene rings is 2. The fraction of sp³-hybridized carbons (Fsp3) is 0.471. The number of hydrogen-bond donors (Lipinski definition) is 3. The summed E-state index contributed by atoms with van der Waals surface area (Å²) in [6, 6.07) is 17.6. The molecule has 3 N–H and O–H groups in total. The first kappa shape index (κ1) is 33.3. The summed E-state index contributed by atoms with van der Waals surface area (Å²) in [4.78, 5) is 9.46. The molecule has 0 spiro atoms. The number of fused-ring (bicyclic) bond motifs is 2. The maximum absolute atomic E-state index is 7.00. The van der Waals surface area contributed by atoms with Gasteiger partial charge in [-0.2, -0.15) is 0 Å². The first-order valence-corrected chi connectivity index (χ1v) is 15.4. The summed E-state index contributed by atoms with van der Waals surface area (Å²) in [6.45, 7) is 12.3. The summed E-state index contributed by atoms with van der Waals surface area (Å²) in [5.74, 6) is 0.693. The van der Waals surface area contributed by atoms with Gasteiger partial charge in [-0.15, -0.1) is 11.6 Å². The molecule has 0 saturated heterocycles. The second-order valence-electron chi connectivity index (χ2n) is 9.78. The third-order valence-electron chi connectivity index (χ3n) is 6.65. The van der Waals surface area contributed by atoms with Gasteiger partial charge in [-0.1, -0.05) is 39.3 Å². The van der Waals surface area contributed by atoms with Crippen molar-refractivity contribution < 1.29 is 5.11 Å². The minimum Gasteiger partial charge on any atom is -0.400 e. The Morgan fingerprint density at radius 1 is 0.675 bits per heavy atom. The third-order valence-corrected chi connectivity index (χ3v) is 6.92. The zero-order valence-corrected chi connectivity index (χ0v) is 26.2. The summed E-state index contributed by atoms with van der Waals surface area (Å²) in [5, 5.41) is 16.8. The number of unbranched alkanes of at least 4 members (excludes halogenated alkanes) is 2. The van der Waals surface area contributed by atoms with Gasteiger partial charge in [0.15, 0.2) is 0 Å². The molecule has 2 heterocycles. The van der Waals surface area contributed by atoms with Crippen LogP contribution in [-0.4, -0.2) is 41.2 Å². The number of aryl methyl sites for hydroxylation is 4. The molecule has 4 rings (SSSR count). The molecule has 2 aromatic carbocycles. The zero-order chi connectivity index (χ0) is 29.3. The zero-order valence-electron chi connectivity index (χ0n) is 25.4. The van der Waals surface area contributed by atoms with E-state index in [-0.39, 0.29) is 0 Å².